The number of nitrogens with zero attached hydrogens (tertiary/aromatic N) is 1. The number of amides is 1. The van der Waals surface area contributed by atoms with Crippen LogP contribution in [0, 0.1) is 0 Å². The summed E-state index contributed by atoms with van der Waals surface area (Å²) in [5, 5.41) is 3.30. The molecule has 2 aliphatic heterocycles. The maximum atomic E-state index is 12.2. The minimum absolute atomic E-state index is 0.101. The molecular weight excluding hydrogens is 292 g/mol. The molecule has 0 spiro atoms. The lowest BCUT2D eigenvalue weighted by Crippen LogP contribution is -2.45. The van der Waals surface area contributed by atoms with Crippen molar-refractivity contribution in [2.45, 2.75) is 31.4 Å². The molecule has 1 amide bonds. The zero-order valence-corrected chi connectivity index (χ0v) is 13.4. The Balaban J connectivity index is 1.55. The van der Waals surface area contributed by atoms with E-state index in [0.717, 1.165) is 37.4 Å². The van der Waals surface area contributed by atoms with Crippen LogP contribution in [0.15, 0.2) is 36.9 Å². The van der Waals surface area contributed by atoms with Gasteiger partial charge in [0.2, 0.25) is 5.91 Å². The third-order valence-corrected chi connectivity index (χ3v) is 4.36. The van der Waals surface area contributed by atoms with Gasteiger partial charge in [-0.15, -0.1) is 6.58 Å². The summed E-state index contributed by atoms with van der Waals surface area (Å²) in [6.07, 6.45) is 4.27. The highest BCUT2D eigenvalue weighted by molar-refractivity contribution is 5.78. The molecule has 1 aromatic carbocycles. The summed E-state index contributed by atoms with van der Waals surface area (Å²) in [5.74, 6) is 1.77. The van der Waals surface area contributed by atoms with E-state index in [1.54, 1.807) is 0 Å². The summed E-state index contributed by atoms with van der Waals surface area (Å²) in [5.41, 5.74) is 0. The van der Waals surface area contributed by atoms with Crippen molar-refractivity contribution < 1.29 is 14.3 Å². The third kappa shape index (κ3) is 3.85. The van der Waals surface area contributed by atoms with E-state index >= 15 is 0 Å². The zero-order chi connectivity index (χ0) is 16.1. The van der Waals surface area contributed by atoms with E-state index < -0.39 is 0 Å². The quantitative estimate of drug-likeness (QED) is 0.617. The van der Waals surface area contributed by atoms with Gasteiger partial charge in [0.25, 0.3) is 0 Å². The monoisotopic (exact) mass is 316 g/mol. The van der Waals surface area contributed by atoms with Crippen molar-refractivity contribution >= 4 is 5.91 Å². The van der Waals surface area contributed by atoms with E-state index in [4.69, 9.17) is 9.47 Å². The Morgan fingerprint density at radius 1 is 1.35 bits per heavy atom. The van der Waals surface area contributed by atoms with Gasteiger partial charge in [-0.25, -0.2) is 0 Å². The van der Waals surface area contributed by atoms with Crippen molar-refractivity contribution in [1.29, 1.82) is 0 Å². The van der Waals surface area contributed by atoms with E-state index in [1.165, 1.54) is 0 Å². The number of hydrogen-bond acceptors (Lipinski definition) is 4. The smallest absolute Gasteiger partial charge is 0.223 e. The van der Waals surface area contributed by atoms with Crippen LogP contribution in [0.4, 0.5) is 0 Å². The predicted octanol–water partition coefficient (Wildman–Crippen LogP) is 1.98. The van der Waals surface area contributed by atoms with Crippen LogP contribution in [0.2, 0.25) is 0 Å². The molecule has 2 atom stereocenters. The summed E-state index contributed by atoms with van der Waals surface area (Å²) in [6.45, 7) is 6.48. The number of carbonyl (C=O) groups excluding carboxylic acids is 1. The molecule has 2 heterocycles. The highest BCUT2D eigenvalue weighted by Crippen LogP contribution is 2.32. The fourth-order valence-electron chi connectivity index (χ4n) is 3.19. The Hall–Kier alpha value is -2.01. The number of rotatable bonds is 7. The normalized spacial score (nSPS) is 23.1. The molecule has 0 aliphatic carbocycles. The average Bonchev–Trinajstić information content (AvgIpc) is 2.92. The van der Waals surface area contributed by atoms with Gasteiger partial charge < -0.3 is 19.7 Å². The van der Waals surface area contributed by atoms with Crippen LogP contribution in [0.1, 0.15) is 19.3 Å². The Morgan fingerprint density at radius 3 is 3.00 bits per heavy atom. The number of fused-ring (bicyclic) bond motifs is 1. The molecule has 5 nitrogen and oxygen atoms in total. The minimum atomic E-state index is -0.101. The van der Waals surface area contributed by atoms with Crippen LogP contribution in [0.3, 0.4) is 0 Å². The topological polar surface area (TPSA) is 50.8 Å². The largest absolute Gasteiger partial charge is 0.486 e. The first-order chi connectivity index (χ1) is 11.3. The van der Waals surface area contributed by atoms with Crippen molar-refractivity contribution in [1.82, 2.24) is 10.2 Å². The molecular formula is C18H24N2O3. The van der Waals surface area contributed by atoms with Crippen LogP contribution in [-0.4, -0.2) is 49.2 Å². The first kappa shape index (κ1) is 15.9. The molecule has 0 saturated carbocycles. The lowest BCUT2D eigenvalue weighted by Gasteiger charge is -2.32. The summed E-state index contributed by atoms with van der Waals surface area (Å²) in [6, 6.07) is 7.96. The van der Waals surface area contributed by atoms with E-state index in [2.05, 4.69) is 11.9 Å². The standard InChI is InChI=1S/C18H24N2O3/c1-2-10-19-11-9-14-7-8-18(21)20(14)12-15-13-22-16-5-3-4-6-17(16)23-15/h2-6,14-15,19H,1,7-13H2. The number of nitrogens with one attached hydrogen (secondary N) is 1. The van der Waals surface area contributed by atoms with Crippen molar-refractivity contribution in [2.24, 2.45) is 0 Å². The molecule has 1 aromatic rings. The predicted molar refractivity (Wildman–Crippen MR) is 88.8 cm³/mol. The molecule has 1 N–H and O–H groups in total. The number of benzene rings is 1. The second-order valence-electron chi connectivity index (χ2n) is 6.02. The lowest BCUT2D eigenvalue weighted by molar-refractivity contribution is -0.130. The first-order valence-electron chi connectivity index (χ1n) is 8.27. The van der Waals surface area contributed by atoms with Gasteiger partial charge in [-0.1, -0.05) is 18.2 Å². The van der Waals surface area contributed by atoms with E-state index in [9.17, 15) is 4.79 Å². The highest BCUT2D eigenvalue weighted by Gasteiger charge is 2.34. The second-order valence-corrected chi connectivity index (χ2v) is 6.02. The van der Waals surface area contributed by atoms with E-state index in [1.807, 2.05) is 35.2 Å². The number of carbonyl (C=O) groups is 1. The molecule has 0 bridgehead atoms. The van der Waals surface area contributed by atoms with Crippen LogP contribution in [0.25, 0.3) is 0 Å². The highest BCUT2D eigenvalue weighted by atomic mass is 16.6. The minimum Gasteiger partial charge on any atom is -0.486 e. The number of para-hydroxylation sites is 2. The maximum absolute atomic E-state index is 12.2. The van der Waals surface area contributed by atoms with Crippen LogP contribution in [0.5, 0.6) is 11.5 Å². The van der Waals surface area contributed by atoms with Gasteiger partial charge >= 0.3 is 0 Å². The summed E-state index contributed by atoms with van der Waals surface area (Å²) >= 11 is 0. The van der Waals surface area contributed by atoms with Gasteiger partial charge in [0.05, 0.1) is 6.54 Å². The van der Waals surface area contributed by atoms with Gasteiger partial charge in [-0.2, -0.15) is 0 Å². The molecule has 1 saturated heterocycles. The van der Waals surface area contributed by atoms with E-state index in [-0.39, 0.29) is 12.0 Å². The average molecular weight is 316 g/mol. The Labute approximate surface area is 137 Å². The summed E-state index contributed by atoms with van der Waals surface area (Å²) in [7, 11) is 0. The molecule has 1 fully saturated rings. The Morgan fingerprint density at radius 2 is 2.17 bits per heavy atom. The molecule has 23 heavy (non-hydrogen) atoms. The van der Waals surface area contributed by atoms with Gasteiger partial charge in [-0.3, -0.25) is 4.79 Å². The van der Waals surface area contributed by atoms with Gasteiger partial charge in [-0.05, 0) is 31.5 Å². The number of ether oxygens (including phenoxy) is 2. The van der Waals surface area contributed by atoms with Crippen molar-refractivity contribution in [3.05, 3.63) is 36.9 Å². The zero-order valence-electron chi connectivity index (χ0n) is 13.4. The fraction of sp³-hybridized carbons (Fsp3) is 0.500. The molecule has 2 unspecified atom stereocenters. The lowest BCUT2D eigenvalue weighted by atomic mass is 10.1. The van der Waals surface area contributed by atoms with Crippen LogP contribution < -0.4 is 14.8 Å². The molecule has 5 heteroatoms. The fourth-order valence-corrected chi connectivity index (χ4v) is 3.19. The van der Waals surface area contributed by atoms with Gasteiger partial charge in [0.1, 0.15) is 6.61 Å². The third-order valence-electron chi connectivity index (χ3n) is 4.36. The molecule has 124 valence electrons. The van der Waals surface area contributed by atoms with Crippen molar-refractivity contribution in [3.8, 4) is 11.5 Å². The number of likely N-dealkylation sites (tertiary alicyclic amines) is 1. The second kappa shape index (κ2) is 7.51. The summed E-state index contributed by atoms with van der Waals surface area (Å²) < 4.78 is 11.7. The Bertz CT molecular complexity index is 561. The Kier molecular flexibility index (Phi) is 5.18. The number of hydrogen-bond donors (Lipinski definition) is 1. The molecule has 0 radical (unpaired) electrons. The maximum Gasteiger partial charge on any atom is 0.223 e. The van der Waals surface area contributed by atoms with Gasteiger partial charge in [0.15, 0.2) is 17.6 Å². The molecule has 0 aromatic heterocycles. The van der Waals surface area contributed by atoms with Crippen molar-refractivity contribution in [2.75, 3.05) is 26.2 Å². The van der Waals surface area contributed by atoms with E-state index in [0.29, 0.717) is 25.6 Å². The van der Waals surface area contributed by atoms with Gasteiger partial charge in [0, 0.05) is 19.0 Å². The molecule has 3 rings (SSSR count). The van der Waals surface area contributed by atoms with Crippen LogP contribution >= 0.6 is 0 Å². The molecule has 2 aliphatic rings. The SMILES string of the molecule is C=CCNCCC1CCC(=O)N1CC1COc2ccccc2O1. The van der Waals surface area contributed by atoms with Crippen LogP contribution in [-0.2, 0) is 4.79 Å². The summed E-state index contributed by atoms with van der Waals surface area (Å²) in [4.78, 5) is 14.2. The first-order valence-corrected chi connectivity index (χ1v) is 8.27. The van der Waals surface area contributed by atoms with Crippen molar-refractivity contribution in [3.63, 3.8) is 0 Å².